The standard InChI is InChI=1S/C22H30N4O6/c1-5-30-20(28)17-12-23-26-10-8-15(11-18(17)26)24-19(27)14-31-16-7-6-9-25(13-16)21(29)32-22(2,3)4/h8,10-12,16H,5-7,9,13-14H2,1-4H3,(H,24,27). The molecule has 0 bridgehead atoms. The molecule has 0 aliphatic carbocycles. The summed E-state index contributed by atoms with van der Waals surface area (Å²) in [6.07, 6.45) is 4.00. The summed E-state index contributed by atoms with van der Waals surface area (Å²) in [5.74, 6) is -0.804. The van der Waals surface area contributed by atoms with Crippen LogP contribution < -0.4 is 5.32 Å². The van der Waals surface area contributed by atoms with Gasteiger partial charge in [-0.1, -0.05) is 0 Å². The molecule has 0 saturated carbocycles. The minimum absolute atomic E-state index is 0.151. The second-order valence-corrected chi connectivity index (χ2v) is 8.57. The number of likely N-dealkylation sites (tertiary alicyclic amines) is 1. The highest BCUT2D eigenvalue weighted by Gasteiger charge is 2.28. The number of fused-ring (bicyclic) bond motifs is 1. The molecule has 2 aromatic heterocycles. The van der Waals surface area contributed by atoms with E-state index in [1.165, 1.54) is 10.7 Å². The van der Waals surface area contributed by atoms with Crippen LogP contribution in [0.15, 0.2) is 24.5 Å². The number of nitrogens with zero attached hydrogens (tertiary/aromatic N) is 3. The van der Waals surface area contributed by atoms with Gasteiger partial charge in [0.25, 0.3) is 0 Å². The number of esters is 1. The van der Waals surface area contributed by atoms with E-state index in [1.54, 1.807) is 30.2 Å². The minimum atomic E-state index is -0.561. The largest absolute Gasteiger partial charge is 0.462 e. The Bertz CT molecular complexity index is 980. The molecule has 3 heterocycles. The number of rotatable bonds is 6. The number of ether oxygens (including phenoxy) is 3. The van der Waals surface area contributed by atoms with Crippen LogP contribution in [0.4, 0.5) is 10.5 Å². The van der Waals surface area contributed by atoms with Crippen LogP contribution in [0.25, 0.3) is 5.52 Å². The molecule has 174 valence electrons. The van der Waals surface area contributed by atoms with Crippen molar-refractivity contribution in [2.24, 2.45) is 0 Å². The maximum Gasteiger partial charge on any atom is 0.410 e. The lowest BCUT2D eigenvalue weighted by Gasteiger charge is -2.33. The molecule has 32 heavy (non-hydrogen) atoms. The molecule has 1 aliphatic rings. The molecule has 0 aromatic carbocycles. The van der Waals surface area contributed by atoms with Crippen molar-refractivity contribution in [3.8, 4) is 0 Å². The third kappa shape index (κ3) is 6.19. The van der Waals surface area contributed by atoms with E-state index in [0.717, 1.165) is 12.8 Å². The Kier molecular flexibility index (Phi) is 7.34. The van der Waals surface area contributed by atoms with Gasteiger partial charge in [-0.05, 0) is 52.7 Å². The van der Waals surface area contributed by atoms with Crippen LogP contribution in [0, 0.1) is 0 Å². The van der Waals surface area contributed by atoms with Gasteiger partial charge in [0.1, 0.15) is 17.8 Å². The summed E-state index contributed by atoms with van der Waals surface area (Å²) in [7, 11) is 0. The van der Waals surface area contributed by atoms with Crippen LogP contribution in [-0.2, 0) is 19.0 Å². The topological polar surface area (TPSA) is 111 Å². The van der Waals surface area contributed by atoms with Crippen molar-refractivity contribution in [3.05, 3.63) is 30.1 Å². The first-order chi connectivity index (χ1) is 15.2. The molecule has 1 N–H and O–H groups in total. The zero-order chi connectivity index (χ0) is 23.3. The maximum absolute atomic E-state index is 12.4. The average molecular weight is 447 g/mol. The monoisotopic (exact) mass is 446 g/mol. The molecule has 2 amide bonds. The zero-order valence-corrected chi connectivity index (χ0v) is 18.9. The molecule has 1 unspecified atom stereocenters. The first-order valence-corrected chi connectivity index (χ1v) is 10.7. The first-order valence-electron chi connectivity index (χ1n) is 10.7. The summed E-state index contributed by atoms with van der Waals surface area (Å²) in [6, 6.07) is 3.33. The van der Waals surface area contributed by atoms with Gasteiger partial charge >= 0.3 is 12.1 Å². The SMILES string of the molecule is CCOC(=O)c1cnn2ccc(NC(=O)COC3CCCN(C(=O)OC(C)(C)C)C3)cc12. The van der Waals surface area contributed by atoms with Gasteiger partial charge in [-0.25, -0.2) is 14.1 Å². The number of piperidine rings is 1. The molecule has 2 aromatic rings. The summed E-state index contributed by atoms with van der Waals surface area (Å²) in [4.78, 5) is 38.3. The van der Waals surface area contributed by atoms with E-state index in [-0.39, 0.29) is 31.3 Å². The predicted molar refractivity (Wildman–Crippen MR) is 117 cm³/mol. The van der Waals surface area contributed by atoms with Crippen molar-refractivity contribution in [1.29, 1.82) is 0 Å². The molecule has 0 radical (unpaired) electrons. The highest BCUT2D eigenvalue weighted by Crippen LogP contribution is 2.19. The maximum atomic E-state index is 12.4. The number of nitrogens with one attached hydrogen (secondary N) is 1. The summed E-state index contributed by atoms with van der Waals surface area (Å²) >= 11 is 0. The normalized spacial score (nSPS) is 16.6. The van der Waals surface area contributed by atoms with Gasteiger partial charge in [0, 0.05) is 18.4 Å². The van der Waals surface area contributed by atoms with E-state index >= 15 is 0 Å². The van der Waals surface area contributed by atoms with E-state index < -0.39 is 11.6 Å². The number of pyridine rings is 1. The van der Waals surface area contributed by atoms with Crippen LogP contribution in [0.1, 0.15) is 50.9 Å². The van der Waals surface area contributed by atoms with Crippen molar-refractivity contribution >= 4 is 29.2 Å². The van der Waals surface area contributed by atoms with Crippen molar-refractivity contribution in [3.63, 3.8) is 0 Å². The molecule has 0 spiro atoms. The van der Waals surface area contributed by atoms with Gasteiger partial charge in [0.15, 0.2) is 0 Å². The van der Waals surface area contributed by atoms with Gasteiger partial charge in [0.05, 0.1) is 31.0 Å². The molecule has 10 nitrogen and oxygen atoms in total. The van der Waals surface area contributed by atoms with Gasteiger partial charge < -0.3 is 24.4 Å². The third-order valence-corrected chi connectivity index (χ3v) is 4.78. The van der Waals surface area contributed by atoms with E-state index in [2.05, 4.69) is 10.4 Å². The van der Waals surface area contributed by atoms with Crippen molar-refractivity contribution < 1.29 is 28.6 Å². The zero-order valence-electron chi connectivity index (χ0n) is 18.9. The molecular formula is C22H30N4O6. The summed E-state index contributed by atoms with van der Waals surface area (Å²) in [5, 5.41) is 6.88. The van der Waals surface area contributed by atoms with Gasteiger partial charge in [-0.3, -0.25) is 4.79 Å². The molecule has 1 fully saturated rings. The number of hydrogen-bond acceptors (Lipinski definition) is 7. The highest BCUT2D eigenvalue weighted by atomic mass is 16.6. The van der Waals surface area contributed by atoms with Crippen LogP contribution >= 0.6 is 0 Å². The fraction of sp³-hybridized carbons (Fsp3) is 0.545. The Balaban J connectivity index is 1.54. The van der Waals surface area contributed by atoms with Crippen LogP contribution in [0.3, 0.4) is 0 Å². The molecule has 3 rings (SSSR count). The van der Waals surface area contributed by atoms with E-state index in [1.807, 2.05) is 20.8 Å². The fourth-order valence-electron chi connectivity index (χ4n) is 3.38. The van der Waals surface area contributed by atoms with Crippen LogP contribution in [-0.4, -0.2) is 70.5 Å². The van der Waals surface area contributed by atoms with Gasteiger partial charge in [-0.15, -0.1) is 0 Å². The van der Waals surface area contributed by atoms with Gasteiger partial charge in [-0.2, -0.15) is 5.10 Å². The molecule has 10 heteroatoms. The quantitative estimate of drug-likeness (QED) is 0.679. The lowest BCUT2D eigenvalue weighted by Crippen LogP contribution is -2.45. The second-order valence-electron chi connectivity index (χ2n) is 8.57. The summed E-state index contributed by atoms with van der Waals surface area (Å²) < 4.78 is 17.7. The lowest BCUT2D eigenvalue weighted by molar-refractivity contribution is -0.123. The molecule has 1 atom stereocenters. The third-order valence-electron chi connectivity index (χ3n) is 4.78. The predicted octanol–water partition coefficient (Wildman–Crippen LogP) is 2.87. The van der Waals surface area contributed by atoms with Crippen molar-refractivity contribution in [2.75, 3.05) is 31.6 Å². The van der Waals surface area contributed by atoms with Crippen LogP contribution in [0.5, 0.6) is 0 Å². The Hall–Kier alpha value is -3.14. The summed E-state index contributed by atoms with van der Waals surface area (Å²) in [6.45, 7) is 8.30. The van der Waals surface area contributed by atoms with E-state index in [4.69, 9.17) is 14.2 Å². The number of anilines is 1. The Morgan fingerprint density at radius 1 is 1.28 bits per heavy atom. The fourth-order valence-corrected chi connectivity index (χ4v) is 3.38. The Morgan fingerprint density at radius 2 is 2.06 bits per heavy atom. The van der Waals surface area contributed by atoms with E-state index in [0.29, 0.717) is 29.9 Å². The molecular weight excluding hydrogens is 416 g/mol. The number of hydrogen-bond donors (Lipinski definition) is 1. The van der Waals surface area contributed by atoms with Crippen molar-refractivity contribution in [2.45, 2.75) is 52.2 Å². The number of carbonyl (C=O) groups excluding carboxylic acids is 3. The second kappa shape index (κ2) is 9.99. The molecule has 1 saturated heterocycles. The lowest BCUT2D eigenvalue weighted by atomic mass is 10.1. The summed E-state index contributed by atoms with van der Waals surface area (Å²) in [5.41, 5.74) is 0.802. The van der Waals surface area contributed by atoms with E-state index in [9.17, 15) is 14.4 Å². The Morgan fingerprint density at radius 3 is 2.78 bits per heavy atom. The van der Waals surface area contributed by atoms with Crippen molar-refractivity contribution in [1.82, 2.24) is 14.5 Å². The highest BCUT2D eigenvalue weighted by molar-refractivity contribution is 5.98. The smallest absolute Gasteiger partial charge is 0.410 e. The van der Waals surface area contributed by atoms with Crippen LogP contribution in [0.2, 0.25) is 0 Å². The minimum Gasteiger partial charge on any atom is -0.462 e. The number of carbonyl (C=O) groups is 3. The number of amides is 2. The number of aromatic nitrogens is 2. The first kappa shape index (κ1) is 23.5. The molecule has 1 aliphatic heterocycles. The van der Waals surface area contributed by atoms with Gasteiger partial charge in [0.2, 0.25) is 5.91 Å². The Labute approximate surface area is 186 Å². The average Bonchev–Trinajstić information content (AvgIpc) is 3.15.